The quantitative estimate of drug-likeness (QED) is 0.770. The van der Waals surface area contributed by atoms with Crippen LogP contribution >= 0.6 is 0 Å². The molecule has 128 valence electrons. The van der Waals surface area contributed by atoms with E-state index in [1.54, 1.807) is 6.33 Å². The van der Waals surface area contributed by atoms with Crippen LogP contribution in [0.5, 0.6) is 0 Å². The Labute approximate surface area is 146 Å². The molecule has 0 aliphatic carbocycles. The molecule has 6 nitrogen and oxygen atoms in total. The predicted molar refractivity (Wildman–Crippen MR) is 96.4 cm³/mol. The third-order valence-electron chi connectivity index (χ3n) is 5.28. The first-order valence-electron chi connectivity index (χ1n) is 8.82. The fourth-order valence-corrected chi connectivity index (χ4v) is 4.03. The van der Waals surface area contributed by atoms with Crippen molar-refractivity contribution in [1.29, 1.82) is 0 Å². The maximum absolute atomic E-state index is 6.13. The number of nitrogens with one attached hydrogen (secondary N) is 2. The second-order valence-electron chi connectivity index (χ2n) is 6.88. The van der Waals surface area contributed by atoms with E-state index >= 15 is 0 Å². The number of hydrogen-bond acceptors (Lipinski definition) is 5. The van der Waals surface area contributed by atoms with Gasteiger partial charge in [0.1, 0.15) is 17.8 Å². The topological polar surface area (TPSA) is 66.1 Å². The van der Waals surface area contributed by atoms with Crippen LogP contribution < -0.4 is 5.32 Å². The standard InChI is InChI=1S/C19H21N5O/c1-2-4-13(5-3-1)17-10-24-9-14(8-15(24)11-25-17)23-19-16-6-7-20-18(16)21-12-22-19/h1-7,12,14-15,17H,8-11H2,(H2,20,21,22,23)/t14-,15+,17-/m1/s1. The lowest BCUT2D eigenvalue weighted by Gasteiger charge is -2.35. The molecule has 2 aliphatic rings. The van der Waals surface area contributed by atoms with E-state index in [0.717, 1.165) is 43.0 Å². The van der Waals surface area contributed by atoms with E-state index in [1.165, 1.54) is 5.56 Å². The third-order valence-corrected chi connectivity index (χ3v) is 5.28. The molecule has 25 heavy (non-hydrogen) atoms. The molecular weight excluding hydrogens is 314 g/mol. The molecule has 5 rings (SSSR count). The maximum Gasteiger partial charge on any atom is 0.142 e. The fraction of sp³-hybridized carbons (Fsp3) is 0.368. The van der Waals surface area contributed by atoms with Gasteiger partial charge in [-0.1, -0.05) is 30.3 Å². The van der Waals surface area contributed by atoms with E-state index in [-0.39, 0.29) is 6.10 Å². The Morgan fingerprint density at radius 3 is 2.96 bits per heavy atom. The van der Waals surface area contributed by atoms with Gasteiger partial charge in [0.2, 0.25) is 0 Å². The van der Waals surface area contributed by atoms with Crippen LogP contribution in [0.25, 0.3) is 11.0 Å². The fourth-order valence-electron chi connectivity index (χ4n) is 4.03. The van der Waals surface area contributed by atoms with Crippen LogP contribution in [-0.4, -0.2) is 51.6 Å². The number of ether oxygens (including phenoxy) is 1. The molecule has 2 N–H and O–H groups in total. The number of anilines is 1. The Bertz CT molecular complexity index is 864. The number of nitrogens with zero attached hydrogens (tertiary/aromatic N) is 3. The molecule has 1 aromatic carbocycles. The summed E-state index contributed by atoms with van der Waals surface area (Å²) < 4.78 is 6.13. The van der Waals surface area contributed by atoms with Gasteiger partial charge in [-0.3, -0.25) is 4.90 Å². The van der Waals surface area contributed by atoms with Crippen LogP contribution in [0.15, 0.2) is 48.9 Å². The normalized spacial score (nSPS) is 26.6. The average Bonchev–Trinajstić information content (AvgIpc) is 3.28. The van der Waals surface area contributed by atoms with Crippen molar-refractivity contribution in [2.24, 2.45) is 0 Å². The lowest BCUT2D eigenvalue weighted by molar-refractivity contribution is -0.0501. The van der Waals surface area contributed by atoms with Crippen molar-refractivity contribution >= 4 is 16.9 Å². The highest BCUT2D eigenvalue weighted by Gasteiger charge is 2.37. The number of aromatic nitrogens is 3. The number of hydrogen-bond donors (Lipinski definition) is 2. The summed E-state index contributed by atoms with van der Waals surface area (Å²) in [5, 5.41) is 4.66. The zero-order chi connectivity index (χ0) is 16.6. The van der Waals surface area contributed by atoms with Crippen LogP contribution in [-0.2, 0) is 4.74 Å². The van der Waals surface area contributed by atoms with Crippen LogP contribution in [0, 0.1) is 0 Å². The van der Waals surface area contributed by atoms with Crippen LogP contribution in [0.4, 0.5) is 5.82 Å². The number of fused-ring (bicyclic) bond motifs is 2. The summed E-state index contributed by atoms with van der Waals surface area (Å²) in [6.07, 6.45) is 4.77. The first kappa shape index (κ1) is 14.9. The highest BCUT2D eigenvalue weighted by atomic mass is 16.5. The van der Waals surface area contributed by atoms with E-state index in [1.807, 2.05) is 12.3 Å². The number of aromatic amines is 1. The van der Waals surface area contributed by atoms with Gasteiger partial charge in [-0.05, 0) is 18.1 Å². The zero-order valence-corrected chi connectivity index (χ0v) is 13.9. The number of rotatable bonds is 3. The SMILES string of the molecule is c1ccc([C@H]2CN3C[C@H](Nc4ncnc5[nH]ccc45)C[C@H]3CO2)cc1. The van der Waals surface area contributed by atoms with Crippen LogP contribution in [0.3, 0.4) is 0 Å². The molecule has 0 saturated carbocycles. The Balaban J connectivity index is 1.29. The Kier molecular flexibility index (Phi) is 3.64. The van der Waals surface area contributed by atoms with Crippen molar-refractivity contribution in [3.05, 3.63) is 54.5 Å². The first-order valence-corrected chi connectivity index (χ1v) is 8.82. The molecule has 0 amide bonds. The zero-order valence-electron chi connectivity index (χ0n) is 13.9. The Morgan fingerprint density at radius 1 is 1.12 bits per heavy atom. The monoisotopic (exact) mass is 335 g/mol. The van der Waals surface area contributed by atoms with E-state index in [4.69, 9.17) is 4.74 Å². The van der Waals surface area contributed by atoms with Gasteiger partial charge in [0, 0.05) is 31.4 Å². The van der Waals surface area contributed by atoms with Gasteiger partial charge in [-0.2, -0.15) is 0 Å². The van der Waals surface area contributed by atoms with Gasteiger partial charge >= 0.3 is 0 Å². The highest BCUT2D eigenvalue weighted by molar-refractivity contribution is 5.86. The van der Waals surface area contributed by atoms with Crippen LogP contribution in [0.2, 0.25) is 0 Å². The molecule has 3 atom stereocenters. The van der Waals surface area contributed by atoms with Gasteiger partial charge in [-0.15, -0.1) is 0 Å². The molecule has 0 bridgehead atoms. The third kappa shape index (κ3) is 2.77. The summed E-state index contributed by atoms with van der Waals surface area (Å²) in [6.45, 7) is 2.77. The van der Waals surface area contributed by atoms with Gasteiger partial charge in [-0.25, -0.2) is 9.97 Å². The smallest absolute Gasteiger partial charge is 0.142 e. The lowest BCUT2D eigenvalue weighted by Crippen LogP contribution is -2.42. The van der Waals surface area contributed by atoms with E-state index in [0.29, 0.717) is 12.1 Å². The lowest BCUT2D eigenvalue weighted by atomic mass is 10.1. The van der Waals surface area contributed by atoms with Gasteiger partial charge in [0.25, 0.3) is 0 Å². The molecule has 6 heteroatoms. The van der Waals surface area contributed by atoms with Gasteiger partial charge < -0.3 is 15.0 Å². The van der Waals surface area contributed by atoms with Crippen molar-refractivity contribution in [2.75, 3.05) is 25.0 Å². The molecule has 3 aromatic rings. The molecular formula is C19H21N5O. The minimum absolute atomic E-state index is 0.173. The molecule has 2 fully saturated rings. The summed E-state index contributed by atoms with van der Waals surface area (Å²) in [4.78, 5) is 14.4. The van der Waals surface area contributed by atoms with E-state index in [9.17, 15) is 0 Å². The summed E-state index contributed by atoms with van der Waals surface area (Å²) in [5.41, 5.74) is 2.14. The summed E-state index contributed by atoms with van der Waals surface area (Å²) in [5.74, 6) is 0.914. The molecule has 2 aromatic heterocycles. The predicted octanol–water partition coefficient (Wildman–Crippen LogP) is 2.58. The van der Waals surface area contributed by atoms with E-state index < -0.39 is 0 Å². The number of H-pyrrole nitrogens is 1. The van der Waals surface area contributed by atoms with Crippen molar-refractivity contribution < 1.29 is 4.74 Å². The van der Waals surface area contributed by atoms with Gasteiger partial charge in [0.05, 0.1) is 18.1 Å². The number of benzene rings is 1. The molecule has 4 heterocycles. The Morgan fingerprint density at radius 2 is 2.04 bits per heavy atom. The first-order chi connectivity index (χ1) is 12.4. The summed E-state index contributed by atoms with van der Waals surface area (Å²) in [7, 11) is 0. The maximum atomic E-state index is 6.13. The largest absolute Gasteiger partial charge is 0.371 e. The molecule has 0 radical (unpaired) electrons. The highest BCUT2D eigenvalue weighted by Crippen LogP contribution is 2.31. The Hall–Kier alpha value is -2.44. The minimum Gasteiger partial charge on any atom is -0.371 e. The van der Waals surface area contributed by atoms with Crippen molar-refractivity contribution in [3.63, 3.8) is 0 Å². The van der Waals surface area contributed by atoms with Crippen molar-refractivity contribution in [3.8, 4) is 0 Å². The molecule has 0 spiro atoms. The average molecular weight is 335 g/mol. The van der Waals surface area contributed by atoms with Crippen molar-refractivity contribution in [2.45, 2.75) is 24.6 Å². The molecule has 2 saturated heterocycles. The van der Waals surface area contributed by atoms with Crippen molar-refractivity contribution in [1.82, 2.24) is 19.9 Å². The van der Waals surface area contributed by atoms with Gasteiger partial charge in [0.15, 0.2) is 0 Å². The summed E-state index contributed by atoms with van der Waals surface area (Å²) in [6, 6.07) is 13.4. The minimum atomic E-state index is 0.173. The molecule has 2 aliphatic heterocycles. The number of morpholine rings is 1. The molecule has 0 unspecified atom stereocenters. The summed E-state index contributed by atoms with van der Waals surface area (Å²) >= 11 is 0. The second-order valence-corrected chi connectivity index (χ2v) is 6.88. The van der Waals surface area contributed by atoms with E-state index in [2.05, 4.69) is 55.5 Å². The van der Waals surface area contributed by atoms with Crippen LogP contribution in [0.1, 0.15) is 18.1 Å². The second kappa shape index (κ2) is 6.13.